The Labute approximate surface area is 97.4 Å². The first-order chi connectivity index (χ1) is 8.06. The molecule has 17 heavy (non-hydrogen) atoms. The number of rotatable bonds is 1. The highest BCUT2D eigenvalue weighted by molar-refractivity contribution is 5.97. The van der Waals surface area contributed by atoms with Crippen LogP contribution in [0.5, 0.6) is 0 Å². The first-order valence-corrected chi connectivity index (χ1v) is 5.03. The molecular formula is C12H12N2O3. The topological polar surface area (TPSA) is 74.3 Å². The van der Waals surface area contributed by atoms with Gasteiger partial charge in [-0.05, 0) is 18.2 Å². The van der Waals surface area contributed by atoms with Crippen LogP contribution in [0.25, 0.3) is 10.9 Å². The summed E-state index contributed by atoms with van der Waals surface area (Å²) in [6.07, 6.45) is 0. The minimum Gasteiger partial charge on any atom is -0.465 e. The van der Waals surface area contributed by atoms with Gasteiger partial charge in [-0.2, -0.15) is 0 Å². The quantitative estimate of drug-likeness (QED) is 0.585. The summed E-state index contributed by atoms with van der Waals surface area (Å²) in [4.78, 5) is 23.4. The fourth-order valence-corrected chi connectivity index (χ4v) is 1.77. The van der Waals surface area contributed by atoms with Gasteiger partial charge in [0, 0.05) is 18.1 Å². The predicted molar refractivity (Wildman–Crippen MR) is 64.9 cm³/mol. The highest BCUT2D eigenvalue weighted by Gasteiger charge is 2.15. The maximum Gasteiger partial charge on any atom is 0.343 e. The average Bonchev–Trinajstić information content (AvgIpc) is 2.33. The minimum atomic E-state index is -0.657. The average molecular weight is 232 g/mol. The van der Waals surface area contributed by atoms with Crippen molar-refractivity contribution in [2.75, 3.05) is 12.8 Å². The van der Waals surface area contributed by atoms with E-state index in [-0.39, 0.29) is 5.56 Å². The standard InChI is InChI=1S/C12H12N2O3/c1-14-10-5-3-4-9(13)7(10)6-8(11(14)15)12(16)17-2/h3-6H,13H2,1-2H3. The first-order valence-electron chi connectivity index (χ1n) is 5.03. The SMILES string of the molecule is COC(=O)c1cc2c(N)cccc2n(C)c1=O. The number of hydrogen-bond acceptors (Lipinski definition) is 4. The van der Waals surface area contributed by atoms with Gasteiger partial charge in [-0.1, -0.05) is 6.07 Å². The number of aromatic nitrogens is 1. The van der Waals surface area contributed by atoms with Gasteiger partial charge in [0.1, 0.15) is 5.56 Å². The zero-order chi connectivity index (χ0) is 12.6. The third-order valence-electron chi connectivity index (χ3n) is 2.71. The zero-order valence-electron chi connectivity index (χ0n) is 9.56. The third-order valence-corrected chi connectivity index (χ3v) is 2.71. The first kappa shape index (κ1) is 11.2. The Morgan fingerprint density at radius 3 is 2.76 bits per heavy atom. The number of methoxy groups -OCH3 is 1. The van der Waals surface area contributed by atoms with Crippen molar-refractivity contribution in [3.63, 3.8) is 0 Å². The largest absolute Gasteiger partial charge is 0.465 e. The monoisotopic (exact) mass is 232 g/mol. The predicted octanol–water partition coefficient (Wildman–Crippen LogP) is 0.907. The Morgan fingerprint density at radius 2 is 2.12 bits per heavy atom. The Balaban J connectivity index is 2.91. The number of carbonyl (C=O) groups is 1. The molecule has 0 unspecified atom stereocenters. The molecule has 0 saturated heterocycles. The van der Waals surface area contributed by atoms with E-state index in [9.17, 15) is 9.59 Å². The van der Waals surface area contributed by atoms with Gasteiger partial charge in [-0.25, -0.2) is 4.79 Å². The number of aryl methyl sites for hydroxylation is 1. The lowest BCUT2D eigenvalue weighted by atomic mass is 10.1. The van der Waals surface area contributed by atoms with E-state index in [0.717, 1.165) is 0 Å². The van der Waals surface area contributed by atoms with Gasteiger partial charge in [0.2, 0.25) is 0 Å². The highest BCUT2D eigenvalue weighted by Crippen LogP contribution is 2.19. The van der Waals surface area contributed by atoms with Crippen molar-refractivity contribution in [2.45, 2.75) is 0 Å². The molecule has 0 bridgehead atoms. The molecule has 0 saturated carbocycles. The number of hydrogen-bond donors (Lipinski definition) is 1. The fourth-order valence-electron chi connectivity index (χ4n) is 1.77. The summed E-state index contributed by atoms with van der Waals surface area (Å²) >= 11 is 0. The summed E-state index contributed by atoms with van der Waals surface area (Å²) in [6.45, 7) is 0. The second kappa shape index (κ2) is 3.93. The number of anilines is 1. The van der Waals surface area contributed by atoms with Crippen molar-refractivity contribution in [1.29, 1.82) is 0 Å². The van der Waals surface area contributed by atoms with Crippen LogP contribution in [0.2, 0.25) is 0 Å². The van der Waals surface area contributed by atoms with Crippen molar-refractivity contribution < 1.29 is 9.53 Å². The van der Waals surface area contributed by atoms with Crippen LogP contribution in [-0.4, -0.2) is 17.6 Å². The van der Waals surface area contributed by atoms with E-state index < -0.39 is 11.5 Å². The maximum atomic E-state index is 11.9. The molecular weight excluding hydrogens is 220 g/mol. The van der Waals surface area contributed by atoms with Crippen molar-refractivity contribution in [3.05, 3.63) is 40.2 Å². The van der Waals surface area contributed by atoms with Crippen molar-refractivity contribution >= 4 is 22.6 Å². The third kappa shape index (κ3) is 1.65. The molecule has 2 rings (SSSR count). The van der Waals surface area contributed by atoms with Crippen molar-refractivity contribution in [3.8, 4) is 0 Å². The number of ether oxygens (including phenoxy) is 1. The summed E-state index contributed by atoms with van der Waals surface area (Å²) in [7, 11) is 2.83. The lowest BCUT2D eigenvalue weighted by molar-refractivity contribution is 0.0598. The van der Waals surface area contributed by atoms with Crippen LogP contribution in [0, 0.1) is 0 Å². The molecule has 0 radical (unpaired) electrons. The van der Waals surface area contributed by atoms with Crippen LogP contribution in [0.1, 0.15) is 10.4 Å². The van der Waals surface area contributed by atoms with Crippen LogP contribution in [0.4, 0.5) is 5.69 Å². The highest BCUT2D eigenvalue weighted by atomic mass is 16.5. The van der Waals surface area contributed by atoms with Gasteiger partial charge < -0.3 is 15.0 Å². The van der Waals surface area contributed by atoms with E-state index in [4.69, 9.17) is 5.73 Å². The number of fused-ring (bicyclic) bond motifs is 1. The van der Waals surface area contributed by atoms with Gasteiger partial charge >= 0.3 is 5.97 Å². The number of esters is 1. The Kier molecular flexibility index (Phi) is 2.59. The molecule has 0 fully saturated rings. The Hall–Kier alpha value is -2.30. The molecule has 0 aliphatic rings. The number of nitrogens with zero attached hydrogens (tertiary/aromatic N) is 1. The molecule has 2 N–H and O–H groups in total. The Morgan fingerprint density at radius 1 is 1.41 bits per heavy atom. The molecule has 2 aromatic rings. The van der Waals surface area contributed by atoms with Crippen molar-refractivity contribution in [2.24, 2.45) is 7.05 Å². The minimum absolute atomic E-state index is 0.0135. The lowest BCUT2D eigenvalue weighted by Crippen LogP contribution is -2.25. The number of carbonyl (C=O) groups excluding carboxylic acids is 1. The van der Waals surface area contributed by atoms with E-state index >= 15 is 0 Å². The molecule has 1 aromatic carbocycles. The number of nitrogens with two attached hydrogens (primary N) is 1. The van der Waals surface area contributed by atoms with Gasteiger partial charge in [-0.3, -0.25) is 4.79 Å². The molecule has 0 aliphatic carbocycles. The van der Waals surface area contributed by atoms with Gasteiger partial charge in [0.25, 0.3) is 5.56 Å². The maximum absolute atomic E-state index is 11.9. The zero-order valence-corrected chi connectivity index (χ0v) is 9.56. The number of benzene rings is 1. The van der Waals surface area contributed by atoms with Crippen LogP contribution in [0.15, 0.2) is 29.1 Å². The normalized spacial score (nSPS) is 10.5. The molecule has 1 aromatic heterocycles. The molecule has 0 aliphatic heterocycles. The molecule has 0 spiro atoms. The summed E-state index contributed by atoms with van der Waals surface area (Å²) in [6, 6.07) is 6.72. The lowest BCUT2D eigenvalue weighted by Gasteiger charge is -2.09. The molecule has 5 heteroatoms. The molecule has 5 nitrogen and oxygen atoms in total. The fraction of sp³-hybridized carbons (Fsp3) is 0.167. The van der Waals surface area contributed by atoms with Gasteiger partial charge in [-0.15, -0.1) is 0 Å². The summed E-state index contributed by atoms with van der Waals surface area (Å²) in [5.41, 5.74) is 6.61. The van der Waals surface area contributed by atoms with Crippen molar-refractivity contribution in [1.82, 2.24) is 4.57 Å². The van der Waals surface area contributed by atoms with Crippen LogP contribution >= 0.6 is 0 Å². The van der Waals surface area contributed by atoms with Gasteiger partial charge in [0.05, 0.1) is 12.6 Å². The van der Waals surface area contributed by atoms with E-state index in [1.165, 1.54) is 17.7 Å². The molecule has 1 heterocycles. The Bertz CT molecular complexity index is 659. The molecule has 0 amide bonds. The molecule has 0 atom stereocenters. The van der Waals surface area contributed by atoms with Gasteiger partial charge in [0.15, 0.2) is 0 Å². The van der Waals surface area contributed by atoms with E-state index in [0.29, 0.717) is 16.6 Å². The summed E-state index contributed by atoms with van der Waals surface area (Å²) in [5.74, 6) is -0.657. The van der Waals surface area contributed by atoms with E-state index in [2.05, 4.69) is 4.74 Å². The van der Waals surface area contributed by atoms with Crippen LogP contribution in [-0.2, 0) is 11.8 Å². The second-order valence-corrected chi connectivity index (χ2v) is 3.69. The van der Waals surface area contributed by atoms with Crippen LogP contribution < -0.4 is 11.3 Å². The van der Waals surface area contributed by atoms with E-state index in [1.807, 2.05) is 0 Å². The second-order valence-electron chi connectivity index (χ2n) is 3.69. The number of pyridine rings is 1. The summed E-state index contributed by atoms with van der Waals surface area (Å²) < 4.78 is 5.95. The molecule has 88 valence electrons. The summed E-state index contributed by atoms with van der Waals surface area (Å²) in [5, 5.41) is 0.662. The number of nitrogen functional groups attached to an aromatic ring is 1. The smallest absolute Gasteiger partial charge is 0.343 e. The van der Waals surface area contributed by atoms with Crippen LogP contribution in [0.3, 0.4) is 0 Å². The van der Waals surface area contributed by atoms with E-state index in [1.54, 1.807) is 25.2 Å².